The van der Waals surface area contributed by atoms with Crippen LogP contribution in [0.1, 0.15) is 16.7 Å². The third-order valence-corrected chi connectivity index (χ3v) is 2.74. The molecule has 1 N–H and O–H groups in total. The van der Waals surface area contributed by atoms with Crippen molar-refractivity contribution in [2.24, 2.45) is 0 Å². The first-order valence-corrected chi connectivity index (χ1v) is 5.92. The number of benzene rings is 1. The van der Waals surface area contributed by atoms with E-state index in [-0.39, 0.29) is 12.1 Å². The van der Waals surface area contributed by atoms with Crippen molar-refractivity contribution in [3.05, 3.63) is 65.2 Å². The fourth-order valence-electron chi connectivity index (χ4n) is 1.81. The normalized spacial score (nSPS) is 11.6. The van der Waals surface area contributed by atoms with Crippen molar-refractivity contribution in [3.63, 3.8) is 0 Å². The molecular formula is C14H12F4N2. The van der Waals surface area contributed by atoms with Crippen molar-refractivity contribution in [1.82, 2.24) is 10.3 Å². The highest BCUT2D eigenvalue weighted by Gasteiger charge is 2.33. The molecule has 20 heavy (non-hydrogen) atoms. The summed E-state index contributed by atoms with van der Waals surface area (Å²) in [6.07, 6.45) is -1.32. The number of hydrogen-bond donors (Lipinski definition) is 1. The number of nitrogens with one attached hydrogen (secondary N) is 1. The summed E-state index contributed by atoms with van der Waals surface area (Å²) in [7, 11) is 0. The van der Waals surface area contributed by atoms with Crippen LogP contribution in [0.2, 0.25) is 0 Å². The van der Waals surface area contributed by atoms with Crippen LogP contribution in [-0.2, 0) is 19.3 Å². The molecule has 0 aliphatic rings. The van der Waals surface area contributed by atoms with Crippen LogP contribution < -0.4 is 5.32 Å². The first-order valence-electron chi connectivity index (χ1n) is 5.92. The molecule has 1 heterocycles. The van der Waals surface area contributed by atoms with E-state index in [4.69, 9.17) is 0 Å². The number of halogens is 4. The van der Waals surface area contributed by atoms with Crippen LogP contribution in [0.25, 0.3) is 0 Å². The zero-order chi connectivity index (χ0) is 14.6. The van der Waals surface area contributed by atoms with Gasteiger partial charge in [0.15, 0.2) is 0 Å². The summed E-state index contributed by atoms with van der Waals surface area (Å²) in [6.45, 7) is 0.395. The Bertz CT molecular complexity index is 567. The molecule has 0 aliphatic heterocycles. The largest absolute Gasteiger partial charge is 0.416 e. The molecule has 0 radical (unpaired) electrons. The van der Waals surface area contributed by atoms with Gasteiger partial charge in [-0.05, 0) is 29.3 Å². The van der Waals surface area contributed by atoms with Gasteiger partial charge in [0.1, 0.15) is 5.82 Å². The Morgan fingerprint density at radius 3 is 2.55 bits per heavy atom. The maximum absolute atomic E-state index is 12.9. The summed E-state index contributed by atoms with van der Waals surface area (Å²) in [5.41, 5.74) is -0.0675. The summed E-state index contributed by atoms with van der Waals surface area (Å²) in [5.74, 6) is -0.895. The molecule has 0 spiro atoms. The quantitative estimate of drug-likeness (QED) is 0.869. The SMILES string of the molecule is Fc1ccc(CNCc2cccnc2)c(C(F)(F)F)c1. The van der Waals surface area contributed by atoms with Crippen LogP contribution in [0.3, 0.4) is 0 Å². The van der Waals surface area contributed by atoms with E-state index in [1.807, 2.05) is 6.07 Å². The van der Waals surface area contributed by atoms with Crippen LogP contribution in [0.4, 0.5) is 17.6 Å². The zero-order valence-electron chi connectivity index (χ0n) is 10.4. The third kappa shape index (κ3) is 3.77. The molecule has 0 saturated carbocycles. The molecule has 0 unspecified atom stereocenters. The van der Waals surface area contributed by atoms with Gasteiger partial charge in [-0.3, -0.25) is 4.98 Å². The minimum Gasteiger partial charge on any atom is -0.309 e. The first kappa shape index (κ1) is 14.5. The molecule has 0 saturated heterocycles. The molecule has 106 valence electrons. The smallest absolute Gasteiger partial charge is 0.309 e. The van der Waals surface area contributed by atoms with Gasteiger partial charge >= 0.3 is 6.18 Å². The molecule has 2 aromatic rings. The van der Waals surface area contributed by atoms with Crippen molar-refractivity contribution >= 4 is 0 Å². The highest BCUT2D eigenvalue weighted by atomic mass is 19.4. The number of aromatic nitrogens is 1. The Kier molecular flexibility index (Phi) is 4.34. The van der Waals surface area contributed by atoms with Gasteiger partial charge < -0.3 is 5.32 Å². The number of alkyl halides is 3. The van der Waals surface area contributed by atoms with Gasteiger partial charge in [0.05, 0.1) is 5.56 Å². The van der Waals surface area contributed by atoms with Crippen molar-refractivity contribution in [3.8, 4) is 0 Å². The standard InChI is InChI=1S/C14H12F4N2/c15-12-4-3-11(13(6-12)14(16,17)18)9-20-8-10-2-1-5-19-7-10/h1-7,20H,8-9H2. The minimum absolute atomic E-state index is 0.00399. The average molecular weight is 284 g/mol. The monoisotopic (exact) mass is 284 g/mol. The topological polar surface area (TPSA) is 24.9 Å². The molecule has 2 rings (SSSR count). The predicted octanol–water partition coefficient (Wildman–Crippen LogP) is 3.53. The molecule has 0 aliphatic carbocycles. The highest BCUT2D eigenvalue weighted by Crippen LogP contribution is 2.32. The second kappa shape index (κ2) is 6.00. The van der Waals surface area contributed by atoms with Crippen molar-refractivity contribution < 1.29 is 17.6 Å². The highest BCUT2D eigenvalue weighted by molar-refractivity contribution is 5.30. The fraction of sp³-hybridized carbons (Fsp3) is 0.214. The van der Waals surface area contributed by atoms with Gasteiger partial charge in [0.25, 0.3) is 0 Å². The minimum atomic E-state index is -4.56. The lowest BCUT2D eigenvalue weighted by Crippen LogP contribution is -2.17. The summed E-state index contributed by atoms with van der Waals surface area (Å²) in [5, 5.41) is 2.89. The van der Waals surface area contributed by atoms with Crippen LogP contribution in [-0.4, -0.2) is 4.98 Å². The van der Waals surface area contributed by atoms with Crippen molar-refractivity contribution in [2.75, 3.05) is 0 Å². The van der Waals surface area contributed by atoms with E-state index in [0.717, 1.165) is 17.7 Å². The number of rotatable bonds is 4. The molecular weight excluding hydrogens is 272 g/mol. The second-order valence-corrected chi connectivity index (χ2v) is 4.26. The molecule has 2 nitrogen and oxygen atoms in total. The maximum atomic E-state index is 12.9. The van der Waals surface area contributed by atoms with Gasteiger partial charge in [0.2, 0.25) is 0 Å². The average Bonchev–Trinajstić information content (AvgIpc) is 2.40. The van der Waals surface area contributed by atoms with E-state index in [1.54, 1.807) is 18.5 Å². The zero-order valence-corrected chi connectivity index (χ0v) is 10.4. The van der Waals surface area contributed by atoms with E-state index in [1.165, 1.54) is 0 Å². The Morgan fingerprint density at radius 1 is 1.10 bits per heavy atom. The molecule has 1 aromatic carbocycles. The van der Waals surface area contributed by atoms with E-state index < -0.39 is 17.6 Å². The molecule has 6 heteroatoms. The van der Waals surface area contributed by atoms with Crippen molar-refractivity contribution in [2.45, 2.75) is 19.3 Å². The van der Waals surface area contributed by atoms with Crippen LogP contribution in [0, 0.1) is 5.82 Å². The Morgan fingerprint density at radius 2 is 1.90 bits per heavy atom. The summed E-state index contributed by atoms with van der Waals surface area (Å²) >= 11 is 0. The van der Waals surface area contributed by atoms with E-state index in [0.29, 0.717) is 12.6 Å². The Hall–Kier alpha value is -1.95. The van der Waals surface area contributed by atoms with Gasteiger partial charge in [-0.25, -0.2) is 4.39 Å². The lowest BCUT2D eigenvalue weighted by Gasteiger charge is -2.13. The van der Waals surface area contributed by atoms with Gasteiger partial charge in [0, 0.05) is 25.5 Å². The lowest BCUT2D eigenvalue weighted by molar-refractivity contribution is -0.138. The van der Waals surface area contributed by atoms with E-state index >= 15 is 0 Å². The number of nitrogens with zero attached hydrogens (tertiary/aromatic N) is 1. The number of hydrogen-bond acceptors (Lipinski definition) is 2. The fourth-order valence-corrected chi connectivity index (χ4v) is 1.81. The van der Waals surface area contributed by atoms with Crippen molar-refractivity contribution in [1.29, 1.82) is 0 Å². The lowest BCUT2D eigenvalue weighted by atomic mass is 10.1. The first-order chi connectivity index (χ1) is 9.47. The molecule has 0 atom stereocenters. The molecule has 0 bridgehead atoms. The Balaban J connectivity index is 2.06. The predicted molar refractivity (Wildman–Crippen MR) is 66.2 cm³/mol. The summed E-state index contributed by atoms with van der Waals surface area (Å²) in [4.78, 5) is 3.91. The summed E-state index contributed by atoms with van der Waals surface area (Å²) in [6, 6.07) is 6.25. The van der Waals surface area contributed by atoms with Gasteiger partial charge in [-0.2, -0.15) is 13.2 Å². The van der Waals surface area contributed by atoms with Gasteiger partial charge in [-0.1, -0.05) is 12.1 Å². The van der Waals surface area contributed by atoms with Crippen LogP contribution >= 0.6 is 0 Å². The molecule has 0 fully saturated rings. The maximum Gasteiger partial charge on any atom is 0.416 e. The Labute approximate surface area is 113 Å². The van der Waals surface area contributed by atoms with E-state index in [9.17, 15) is 17.6 Å². The third-order valence-electron chi connectivity index (χ3n) is 2.74. The van der Waals surface area contributed by atoms with Crippen LogP contribution in [0.5, 0.6) is 0 Å². The summed E-state index contributed by atoms with van der Waals surface area (Å²) < 4.78 is 51.3. The second-order valence-electron chi connectivity index (χ2n) is 4.26. The molecule has 0 amide bonds. The molecule has 1 aromatic heterocycles. The van der Waals surface area contributed by atoms with Crippen LogP contribution in [0.15, 0.2) is 42.7 Å². The number of pyridine rings is 1. The van der Waals surface area contributed by atoms with Gasteiger partial charge in [-0.15, -0.1) is 0 Å². The van der Waals surface area contributed by atoms with E-state index in [2.05, 4.69) is 10.3 Å².